The van der Waals surface area contributed by atoms with E-state index >= 15 is 0 Å². The van der Waals surface area contributed by atoms with Gasteiger partial charge in [0.15, 0.2) is 0 Å². The predicted molar refractivity (Wildman–Crippen MR) is 137 cm³/mol. The first kappa shape index (κ1) is 24.6. The summed E-state index contributed by atoms with van der Waals surface area (Å²) in [6, 6.07) is 19.8. The molecule has 38 heavy (non-hydrogen) atoms. The van der Waals surface area contributed by atoms with Crippen LogP contribution in [-0.4, -0.2) is 90.0 Å². The molecule has 6 atom stereocenters. The van der Waals surface area contributed by atoms with E-state index in [2.05, 4.69) is 9.80 Å². The van der Waals surface area contributed by atoms with E-state index in [0.717, 1.165) is 11.1 Å². The summed E-state index contributed by atoms with van der Waals surface area (Å²) in [5.41, 5.74) is 2.04. The molecular formula is C28H32N6O4. The molecule has 0 aliphatic carbocycles. The average molecular weight is 517 g/mol. The molecule has 5 fully saturated rings. The molecule has 0 radical (unpaired) electrons. The zero-order valence-electron chi connectivity index (χ0n) is 22.0. The number of nitrogens with zero attached hydrogens (tertiary/aromatic N) is 6. The van der Waals surface area contributed by atoms with Gasteiger partial charge in [0.05, 0.1) is 0 Å². The summed E-state index contributed by atoms with van der Waals surface area (Å²) in [6.07, 6.45) is -3.55. The van der Waals surface area contributed by atoms with Crippen LogP contribution < -0.4 is 0 Å². The lowest BCUT2D eigenvalue weighted by atomic mass is 10.0. The number of hydrogen-bond acceptors (Lipinski definition) is 6. The van der Waals surface area contributed by atoms with Gasteiger partial charge in [0.1, 0.15) is 37.0 Å². The van der Waals surface area contributed by atoms with Gasteiger partial charge in [-0.3, -0.25) is 48.6 Å². The summed E-state index contributed by atoms with van der Waals surface area (Å²) in [5.74, 6) is -0.817. The first-order valence-electron chi connectivity index (χ1n) is 13.0. The Kier molecular flexibility index (Phi) is 5.77. The van der Waals surface area contributed by atoms with Crippen molar-refractivity contribution in [2.24, 2.45) is 0 Å². The van der Waals surface area contributed by atoms with Gasteiger partial charge >= 0.3 is 0 Å². The van der Waals surface area contributed by atoms with Gasteiger partial charge in [0, 0.05) is 40.8 Å². The van der Waals surface area contributed by atoms with Crippen LogP contribution in [0, 0.1) is 0 Å². The Morgan fingerprint density at radius 2 is 0.737 bits per heavy atom. The predicted octanol–water partition coefficient (Wildman–Crippen LogP) is 1.40. The van der Waals surface area contributed by atoms with Gasteiger partial charge in [-0.2, -0.15) is 0 Å². The van der Waals surface area contributed by atoms with Gasteiger partial charge in [-0.15, -0.1) is 0 Å². The van der Waals surface area contributed by atoms with Crippen LogP contribution in [-0.2, 0) is 32.3 Å². The van der Waals surface area contributed by atoms with E-state index in [9.17, 15) is 19.2 Å². The molecule has 0 aromatic heterocycles. The van der Waals surface area contributed by atoms with E-state index in [4.69, 9.17) is 0 Å². The van der Waals surface area contributed by atoms with Crippen LogP contribution >= 0.6 is 0 Å². The lowest BCUT2D eigenvalue weighted by Gasteiger charge is -2.54. The Balaban J connectivity index is 1.61. The van der Waals surface area contributed by atoms with Crippen LogP contribution in [0.3, 0.4) is 0 Å². The van der Waals surface area contributed by atoms with Crippen molar-refractivity contribution in [2.45, 2.75) is 77.8 Å². The van der Waals surface area contributed by atoms with Crippen LogP contribution in [0.2, 0.25) is 0 Å². The molecule has 6 bridgehead atoms. The number of rotatable bonds is 4. The summed E-state index contributed by atoms with van der Waals surface area (Å²) in [6.45, 7) is 6.89. The maximum Gasteiger partial charge on any atom is 0.222 e. The molecule has 0 saturated carbocycles. The summed E-state index contributed by atoms with van der Waals surface area (Å²) >= 11 is 0. The summed E-state index contributed by atoms with van der Waals surface area (Å²) in [4.78, 5) is 64.7. The number of carbonyl (C=O) groups excluding carboxylic acids is 4. The van der Waals surface area contributed by atoms with Crippen molar-refractivity contribution in [3.05, 3.63) is 71.8 Å². The normalized spacial score (nSPS) is 29.8. The van der Waals surface area contributed by atoms with E-state index in [-0.39, 0.29) is 23.6 Å². The summed E-state index contributed by atoms with van der Waals surface area (Å²) in [5, 5.41) is 0. The molecule has 198 valence electrons. The lowest BCUT2D eigenvalue weighted by Crippen LogP contribution is -2.74. The van der Waals surface area contributed by atoms with E-state index in [1.165, 1.54) is 27.7 Å². The fraction of sp³-hybridized carbons (Fsp3) is 0.429. The highest BCUT2D eigenvalue weighted by Gasteiger charge is 2.74. The maximum absolute atomic E-state index is 13.4. The quantitative estimate of drug-likeness (QED) is 0.611. The lowest BCUT2D eigenvalue weighted by molar-refractivity contribution is -0.179. The zero-order valence-corrected chi connectivity index (χ0v) is 22.0. The van der Waals surface area contributed by atoms with Crippen molar-refractivity contribution in [3.63, 3.8) is 0 Å². The van der Waals surface area contributed by atoms with Crippen molar-refractivity contribution >= 4 is 23.6 Å². The minimum absolute atomic E-state index is 0.204. The third-order valence-electron chi connectivity index (χ3n) is 8.31. The topological polar surface area (TPSA) is 87.7 Å². The maximum atomic E-state index is 13.4. The second-order valence-electron chi connectivity index (χ2n) is 10.5. The van der Waals surface area contributed by atoms with E-state index in [1.807, 2.05) is 60.7 Å². The average Bonchev–Trinajstić information content (AvgIpc) is 3.36. The second-order valence-corrected chi connectivity index (χ2v) is 10.5. The van der Waals surface area contributed by atoms with Crippen LogP contribution in [0.25, 0.3) is 0 Å². The van der Waals surface area contributed by atoms with E-state index < -0.39 is 37.0 Å². The molecule has 2 aromatic carbocycles. The van der Waals surface area contributed by atoms with Gasteiger partial charge < -0.3 is 0 Å². The molecule has 4 unspecified atom stereocenters. The summed E-state index contributed by atoms with van der Waals surface area (Å²) < 4.78 is 0. The first-order valence-corrected chi connectivity index (χ1v) is 13.0. The monoisotopic (exact) mass is 516 g/mol. The molecule has 2 aromatic rings. The first-order chi connectivity index (χ1) is 18.2. The molecular weight excluding hydrogens is 484 g/mol. The molecule has 10 nitrogen and oxygen atoms in total. The van der Waals surface area contributed by atoms with E-state index in [1.54, 1.807) is 19.6 Å². The Labute approximate surface area is 222 Å². The third kappa shape index (κ3) is 3.40. The smallest absolute Gasteiger partial charge is 0.222 e. The number of piperazine rings is 1. The largest absolute Gasteiger partial charge is 0.299 e. The number of carbonyl (C=O) groups is 4. The molecule has 4 amide bonds. The Morgan fingerprint density at radius 1 is 0.474 bits per heavy atom. The highest BCUT2D eigenvalue weighted by atomic mass is 16.2. The zero-order chi connectivity index (χ0) is 26.9. The molecule has 0 N–H and O–H groups in total. The molecule has 5 heterocycles. The van der Waals surface area contributed by atoms with Gasteiger partial charge in [-0.1, -0.05) is 60.7 Å². The second kappa shape index (κ2) is 8.92. The van der Waals surface area contributed by atoms with Gasteiger partial charge in [-0.25, -0.2) is 0 Å². The molecule has 10 heteroatoms. The van der Waals surface area contributed by atoms with Crippen molar-refractivity contribution in [2.75, 3.05) is 0 Å². The number of benzene rings is 2. The minimum atomic E-state index is -0.790. The Hall–Kier alpha value is -3.76. The molecule has 5 aliphatic heterocycles. The van der Waals surface area contributed by atoms with Gasteiger partial charge in [0.25, 0.3) is 0 Å². The van der Waals surface area contributed by atoms with Gasteiger partial charge in [-0.05, 0) is 11.1 Å². The number of amides is 4. The van der Waals surface area contributed by atoms with Crippen molar-refractivity contribution in [3.8, 4) is 0 Å². The van der Waals surface area contributed by atoms with Crippen LogP contribution in [0.15, 0.2) is 60.7 Å². The third-order valence-corrected chi connectivity index (χ3v) is 8.31. The van der Waals surface area contributed by atoms with Crippen molar-refractivity contribution < 1.29 is 19.2 Å². The van der Waals surface area contributed by atoms with Crippen molar-refractivity contribution in [1.29, 1.82) is 0 Å². The minimum Gasteiger partial charge on any atom is -0.299 e. The van der Waals surface area contributed by atoms with Crippen molar-refractivity contribution in [1.82, 2.24) is 29.4 Å². The Bertz CT molecular complexity index is 1130. The van der Waals surface area contributed by atoms with Gasteiger partial charge in [0.2, 0.25) is 23.6 Å². The highest BCUT2D eigenvalue weighted by molar-refractivity contribution is 5.83. The number of hydrogen-bond donors (Lipinski definition) is 0. The van der Waals surface area contributed by atoms with Crippen LogP contribution in [0.4, 0.5) is 0 Å². The Morgan fingerprint density at radius 3 is 0.974 bits per heavy atom. The highest BCUT2D eigenvalue weighted by Crippen LogP contribution is 2.52. The summed E-state index contributed by atoms with van der Waals surface area (Å²) in [7, 11) is 0. The van der Waals surface area contributed by atoms with Crippen LogP contribution in [0.5, 0.6) is 0 Å². The fourth-order valence-corrected chi connectivity index (χ4v) is 7.13. The molecule has 5 aliphatic rings. The molecule has 0 spiro atoms. The fourth-order valence-electron chi connectivity index (χ4n) is 7.13. The molecule has 7 rings (SSSR count). The SMILES string of the molecule is CC(=O)N1C2C3N(C(C)=O)[C@@H]4[C@@H](N(Cc5ccccc5)C(C1N4Cc1ccccc1)N2C(C)=O)N3C(C)=O. The molecule has 5 saturated heterocycles. The van der Waals surface area contributed by atoms with E-state index in [0.29, 0.717) is 13.1 Å². The van der Waals surface area contributed by atoms with Crippen LogP contribution in [0.1, 0.15) is 38.8 Å². The standard InChI is InChI=1S/C28H32N6O4/c1-17(35)31-23-24-30(16-22-13-9-6-10-14-22)26-25(29(23)15-21-11-7-5-8-12-21)33(19(3)37)28(34(26)20(4)38)27(31)32(24)18(2)36/h5-14,23-28H,15-16H2,1-4H3/t23-,24+,25?,26?,27?,28?.